The zero-order valence-corrected chi connectivity index (χ0v) is 25.2. The molecule has 0 radical (unpaired) electrons. The van der Waals surface area contributed by atoms with Crippen LogP contribution in [0.5, 0.6) is 5.75 Å². The van der Waals surface area contributed by atoms with Crippen molar-refractivity contribution < 1.29 is 17.3 Å². The van der Waals surface area contributed by atoms with Gasteiger partial charge in [-0.2, -0.15) is 0 Å². The van der Waals surface area contributed by atoms with Crippen molar-refractivity contribution >= 4 is 44.8 Å². The first-order chi connectivity index (χ1) is 16.5. The molecule has 2 aliphatic heterocycles. The molecule has 1 aromatic carbocycles. The number of halogens is 2. The van der Waals surface area contributed by atoms with Crippen LogP contribution < -0.4 is 13.2 Å². The van der Waals surface area contributed by atoms with Gasteiger partial charge in [0, 0.05) is 0 Å². The Morgan fingerprint density at radius 3 is 2.94 bits per heavy atom. The van der Waals surface area contributed by atoms with E-state index in [0.717, 1.165) is 44.2 Å². The van der Waals surface area contributed by atoms with Crippen LogP contribution in [0.25, 0.3) is 0 Å². The third-order valence-electron chi connectivity index (χ3n) is 5.45. The molecule has 2 heterocycles. The fourth-order valence-corrected chi connectivity index (χ4v) is 24.9. The zero-order chi connectivity index (χ0) is 24.3. The van der Waals surface area contributed by atoms with Crippen molar-refractivity contribution in [3.8, 4) is 5.75 Å². The molecule has 0 unspecified atom stereocenters. The number of anilines is 1. The molecule has 1 fully saturated rings. The summed E-state index contributed by atoms with van der Waals surface area (Å²) in [6.45, 7) is 13.1. The van der Waals surface area contributed by atoms with E-state index >= 15 is 0 Å². The Balaban J connectivity index is 1.67. The first kappa shape index (κ1) is 27.8. The monoisotopic (exact) mass is 696 g/mol. The third-order valence-corrected chi connectivity index (χ3v) is 25.3. The molecular weight excluding hydrogens is 657 g/mol. The number of nitrogens with one attached hydrogen (secondary N) is 1. The quantitative estimate of drug-likeness (QED) is 0.0509. The molecule has 1 N–H and O–H groups in total. The van der Waals surface area contributed by atoms with Gasteiger partial charge in [0.1, 0.15) is 0 Å². The molecule has 6 nitrogen and oxygen atoms in total. The average Bonchev–Trinajstić information content (AvgIpc) is 3.21. The summed E-state index contributed by atoms with van der Waals surface area (Å²) < 4.78 is 30.9. The van der Waals surface area contributed by atoms with E-state index in [1.54, 1.807) is 20.3 Å². The molecule has 190 valence electrons. The SMILES string of the molecule is C=C/C=C(\C=C/I1C[C@H](CB(C)C)NI1OCc1ccc2c(c1)N(CCCOC)CCO2)OC. The van der Waals surface area contributed by atoms with Gasteiger partial charge in [0.05, 0.1) is 0 Å². The number of methoxy groups -OCH3 is 2. The van der Waals surface area contributed by atoms with E-state index in [-0.39, 0.29) is 0 Å². The standard InChI is InChI=1S/C25H39BI2N2O4/c1-6-8-23(32-5)11-12-27-19-22(18-26(2)3)29-28(27)34-20-21-9-10-25-24(17-21)30(14-16-33-25)13-7-15-31-4/h6,8-12,17,22,29H,1,7,13-16,18-20H2,2-5H3/b12-11-,23-8+/t22-/m0/s1. The molecule has 1 saturated heterocycles. The molecule has 2 aliphatic rings. The molecule has 0 bridgehead atoms. The summed E-state index contributed by atoms with van der Waals surface area (Å²) in [5, 5.41) is 0. The fraction of sp³-hybridized carbons (Fsp3) is 0.520. The molecule has 1 atom stereocenters. The number of ether oxygens (including phenoxy) is 3. The first-order valence-corrected chi connectivity index (χ1v) is 22.8. The molecule has 0 saturated carbocycles. The van der Waals surface area contributed by atoms with Crippen molar-refractivity contribution in [1.82, 2.24) is 3.53 Å². The Kier molecular flexibility index (Phi) is 12.0. The van der Waals surface area contributed by atoms with E-state index < -0.39 is 32.4 Å². The average molecular weight is 696 g/mol. The molecule has 3 rings (SSSR count). The van der Waals surface area contributed by atoms with E-state index in [9.17, 15) is 0 Å². The Labute approximate surface area is 217 Å². The summed E-state index contributed by atoms with van der Waals surface area (Å²) in [6.07, 6.45) is 8.04. The maximum atomic E-state index is 6.67. The molecular formula is C25H39BI2N2O4. The fourth-order valence-electron chi connectivity index (χ4n) is 3.88. The second kappa shape index (κ2) is 14.7. The normalized spacial score (nSPS) is 20.4. The summed E-state index contributed by atoms with van der Waals surface area (Å²) in [4.78, 5) is 2.41. The number of rotatable bonds is 13. The van der Waals surface area contributed by atoms with Crippen LogP contribution in [-0.2, 0) is 19.1 Å². The second-order valence-corrected chi connectivity index (χ2v) is 26.6. The van der Waals surface area contributed by atoms with E-state index in [0.29, 0.717) is 19.4 Å². The van der Waals surface area contributed by atoms with Crippen molar-refractivity contribution in [3.63, 3.8) is 0 Å². The number of allylic oxidation sites excluding steroid dienone is 3. The number of benzene rings is 1. The Morgan fingerprint density at radius 1 is 1.35 bits per heavy atom. The van der Waals surface area contributed by atoms with Gasteiger partial charge >= 0.3 is 219 Å². The van der Waals surface area contributed by atoms with Gasteiger partial charge in [-0.3, -0.25) is 0 Å². The van der Waals surface area contributed by atoms with Crippen molar-refractivity contribution in [2.75, 3.05) is 49.9 Å². The van der Waals surface area contributed by atoms with E-state index in [4.69, 9.17) is 17.3 Å². The van der Waals surface area contributed by atoms with Crippen LogP contribution in [0.15, 0.2) is 52.8 Å². The third kappa shape index (κ3) is 8.42. The van der Waals surface area contributed by atoms with E-state index in [1.807, 2.05) is 6.08 Å². The Morgan fingerprint density at radius 2 is 2.21 bits per heavy atom. The summed E-state index contributed by atoms with van der Waals surface area (Å²) in [7, 11) is 3.47. The summed E-state index contributed by atoms with van der Waals surface area (Å²) in [5.74, 6) is 1.83. The Hall–Kier alpha value is -0.755. The van der Waals surface area contributed by atoms with Gasteiger partial charge in [-0.05, 0) is 0 Å². The van der Waals surface area contributed by atoms with Crippen LogP contribution in [0.1, 0.15) is 12.0 Å². The van der Waals surface area contributed by atoms with Gasteiger partial charge in [-0.15, -0.1) is 0 Å². The van der Waals surface area contributed by atoms with Crippen LogP contribution in [0, 0.1) is 0 Å². The summed E-state index contributed by atoms with van der Waals surface area (Å²) >= 11 is -3.07. The van der Waals surface area contributed by atoms with Crippen molar-refractivity contribution in [2.45, 2.75) is 39.0 Å². The predicted molar refractivity (Wildman–Crippen MR) is 162 cm³/mol. The van der Waals surface area contributed by atoms with Crippen LogP contribution >= 0.6 is 32.4 Å². The maximum absolute atomic E-state index is 6.67. The predicted octanol–water partition coefficient (Wildman–Crippen LogP) is 6.15. The number of hydrogen-bond donors (Lipinski definition) is 1. The summed E-state index contributed by atoms with van der Waals surface area (Å²) in [6, 6.07) is 7.09. The van der Waals surface area contributed by atoms with Gasteiger partial charge in [0.25, 0.3) is 0 Å². The number of nitrogens with zero attached hydrogens (tertiary/aromatic N) is 1. The van der Waals surface area contributed by atoms with Gasteiger partial charge < -0.3 is 0 Å². The van der Waals surface area contributed by atoms with Gasteiger partial charge in [-0.1, -0.05) is 0 Å². The first-order valence-electron chi connectivity index (χ1n) is 11.8. The molecule has 1 aromatic rings. The number of fused-ring (bicyclic) bond motifs is 1. The molecule has 34 heavy (non-hydrogen) atoms. The van der Waals surface area contributed by atoms with E-state index in [1.165, 1.54) is 22.0 Å². The van der Waals surface area contributed by atoms with Crippen LogP contribution in [0.4, 0.5) is 5.69 Å². The van der Waals surface area contributed by atoms with Gasteiger partial charge in [0.15, 0.2) is 0 Å². The molecule has 9 heteroatoms. The molecule has 0 aromatic heterocycles. The minimum absolute atomic E-state index is 0.586. The van der Waals surface area contributed by atoms with Crippen molar-refractivity contribution in [3.05, 3.63) is 58.4 Å². The minimum atomic E-state index is -1.70. The Bertz CT molecular complexity index is 852. The van der Waals surface area contributed by atoms with Gasteiger partial charge in [-0.25, -0.2) is 0 Å². The van der Waals surface area contributed by atoms with Crippen molar-refractivity contribution in [2.24, 2.45) is 0 Å². The molecule has 0 aliphatic carbocycles. The van der Waals surface area contributed by atoms with Crippen LogP contribution in [0.2, 0.25) is 20.0 Å². The zero-order valence-electron chi connectivity index (χ0n) is 20.9. The van der Waals surface area contributed by atoms with Crippen LogP contribution in [0.3, 0.4) is 0 Å². The molecule has 0 amide bonds. The topological polar surface area (TPSA) is 52.2 Å². The number of alkyl halides is 1. The second-order valence-electron chi connectivity index (χ2n) is 8.67. The van der Waals surface area contributed by atoms with Crippen molar-refractivity contribution in [1.29, 1.82) is 0 Å². The molecule has 0 spiro atoms. The van der Waals surface area contributed by atoms with E-state index in [2.05, 4.69) is 57.0 Å². The summed E-state index contributed by atoms with van der Waals surface area (Å²) in [5.41, 5.74) is 2.40. The number of hydrogen-bond acceptors (Lipinski definition) is 6. The van der Waals surface area contributed by atoms with Gasteiger partial charge in [0.2, 0.25) is 0 Å². The van der Waals surface area contributed by atoms with Crippen LogP contribution in [-0.4, -0.2) is 57.7 Å².